The Hall–Kier alpha value is -2.08. The number of methoxy groups -OCH3 is 1. The van der Waals surface area contributed by atoms with Crippen molar-refractivity contribution in [3.8, 4) is 5.75 Å². The molecular weight excluding hydrogens is 281 g/mol. The molecule has 2 aromatic rings. The van der Waals surface area contributed by atoms with Gasteiger partial charge in [0.15, 0.2) is 9.84 Å². The monoisotopic (exact) mass is 295 g/mol. The minimum absolute atomic E-state index is 0.00946. The molecule has 0 atom stereocenters. The maximum atomic E-state index is 13.8. The summed E-state index contributed by atoms with van der Waals surface area (Å²) in [4.78, 5) is 0.00946. The maximum absolute atomic E-state index is 13.8. The number of ether oxygens (including phenoxy) is 1. The molecule has 0 spiro atoms. The Labute approximate surface area is 116 Å². The fraction of sp³-hybridized carbons (Fsp3) is 0.143. The van der Waals surface area contributed by atoms with E-state index in [0.29, 0.717) is 5.75 Å². The van der Waals surface area contributed by atoms with Gasteiger partial charge in [0.1, 0.15) is 11.6 Å². The lowest BCUT2D eigenvalue weighted by atomic mass is 10.2. The molecule has 0 unspecified atom stereocenters. The summed E-state index contributed by atoms with van der Waals surface area (Å²) in [6.07, 6.45) is 0. The van der Waals surface area contributed by atoms with Gasteiger partial charge in [0, 0.05) is 11.6 Å². The van der Waals surface area contributed by atoms with E-state index in [1.165, 1.54) is 31.4 Å². The molecule has 106 valence electrons. The lowest BCUT2D eigenvalue weighted by Crippen LogP contribution is -2.09. The number of nitrogen functional groups attached to an aromatic ring is 1. The first-order valence-electron chi connectivity index (χ1n) is 5.84. The smallest absolute Gasteiger partial charge is 0.184 e. The highest BCUT2D eigenvalue weighted by molar-refractivity contribution is 7.90. The average molecular weight is 295 g/mol. The Morgan fingerprint density at radius 3 is 2.50 bits per heavy atom. The van der Waals surface area contributed by atoms with Crippen LogP contribution in [0.5, 0.6) is 5.75 Å². The van der Waals surface area contributed by atoms with E-state index in [1.54, 1.807) is 12.1 Å². The van der Waals surface area contributed by atoms with Gasteiger partial charge in [-0.05, 0) is 18.2 Å². The average Bonchev–Trinajstić information content (AvgIpc) is 2.41. The maximum Gasteiger partial charge on any atom is 0.184 e. The van der Waals surface area contributed by atoms with Crippen molar-refractivity contribution in [1.82, 2.24) is 0 Å². The van der Waals surface area contributed by atoms with E-state index in [-0.39, 0.29) is 16.1 Å². The Morgan fingerprint density at radius 2 is 1.90 bits per heavy atom. The van der Waals surface area contributed by atoms with Crippen LogP contribution in [0.3, 0.4) is 0 Å². The molecule has 0 bridgehead atoms. The van der Waals surface area contributed by atoms with E-state index in [1.807, 2.05) is 0 Å². The molecule has 0 amide bonds. The molecule has 0 aromatic heterocycles. The van der Waals surface area contributed by atoms with Gasteiger partial charge < -0.3 is 10.5 Å². The Bertz CT molecular complexity index is 729. The highest BCUT2D eigenvalue weighted by Gasteiger charge is 2.20. The van der Waals surface area contributed by atoms with E-state index in [4.69, 9.17) is 10.5 Å². The van der Waals surface area contributed by atoms with E-state index in [0.717, 1.165) is 6.07 Å². The quantitative estimate of drug-likeness (QED) is 0.879. The standard InChI is InChI=1S/C14H14FNO3S/c1-19-11-7-6-10(12(15)8-11)9-20(17,18)14-5-3-2-4-13(14)16/h2-8H,9,16H2,1H3. The summed E-state index contributed by atoms with van der Waals surface area (Å²) in [5.74, 6) is -0.734. The molecule has 0 heterocycles. The molecule has 2 aromatic carbocycles. The van der Waals surface area contributed by atoms with Crippen LogP contribution in [0.1, 0.15) is 5.56 Å². The van der Waals surface area contributed by atoms with E-state index in [2.05, 4.69) is 0 Å². The number of nitrogens with two attached hydrogens (primary N) is 1. The van der Waals surface area contributed by atoms with Crippen molar-refractivity contribution in [2.75, 3.05) is 12.8 Å². The topological polar surface area (TPSA) is 69.4 Å². The highest BCUT2D eigenvalue weighted by Crippen LogP contribution is 2.24. The first kappa shape index (κ1) is 14.3. The number of hydrogen-bond donors (Lipinski definition) is 1. The summed E-state index contributed by atoms with van der Waals surface area (Å²) < 4.78 is 43.2. The SMILES string of the molecule is COc1ccc(CS(=O)(=O)c2ccccc2N)c(F)c1. The molecular formula is C14H14FNO3S. The minimum atomic E-state index is -3.69. The van der Waals surface area contributed by atoms with E-state index >= 15 is 0 Å². The van der Waals surface area contributed by atoms with Crippen molar-refractivity contribution in [2.45, 2.75) is 10.6 Å². The summed E-state index contributed by atoms with van der Waals surface area (Å²) in [5.41, 5.74) is 5.88. The van der Waals surface area contributed by atoms with Crippen molar-refractivity contribution in [3.05, 3.63) is 53.8 Å². The summed E-state index contributed by atoms with van der Waals surface area (Å²) in [5, 5.41) is 0. The number of benzene rings is 2. The van der Waals surface area contributed by atoms with Gasteiger partial charge in [-0.25, -0.2) is 12.8 Å². The lowest BCUT2D eigenvalue weighted by molar-refractivity contribution is 0.411. The number of para-hydroxylation sites is 1. The molecule has 0 saturated carbocycles. The van der Waals surface area contributed by atoms with Crippen molar-refractivity contribution >= 4 is 15.5 Å². The largest absolute Gasteiger partial charge is 0.497 e. The van der Waals surface area contributed by atoms with Crippen LogP contribution < -0.4 is 10.5 Å². The zero-order chi connectivity index (χ0) is 14.8. The molecule has 6 heteroatoms. The van der Waals surface area contributed by atoms with E-state index in [9.17, 15) is 12.8 Å². The number of halogens is 1. The van der Waals surface area contributed by atoms with Gasteiger partial charge in [-0.1, -0.05) is 18.2 Å². The number of anilines is 1. The second-order valence-electron chi connectivity index (χ2n) is 4.25. The Morgan fingerprint density at radius 1 is 1.20 bits per heavy atom. The zero-order valence-electron chi connectivity index (χ0n) is 10.8. The molecule has 0 aliphatic carbocycles. The third kappa shape index (κ3) is 2.91. The summed E-state index contributed by atoms with van der Waals surface area (Å²) in [6.45, 7) is 0. The zero-order valence-corrected chi connectivity index (χ0v) is 11.7. The number of hydrogen-bond acceptors (Lipinski definition) is 4. The molecule has 0 aliphatic heterocycles. The molecule has 20 heavy (non-hydrogen) atoms. The van der Waals surface area contributed by atoms with Crippen molar-refractivity contribution in [1.29, 1.82) is 0 Å². The van der Waals surface area contributed by atoms with Crippen molar-refractivity contribution in [3.63, 3.8) is 0 Å². The van der Waals surface area contributed by atoms with Crippen LogP contribution in [0.2, 0.25) is 0 Å². The van der Waals surface area contributed by atoms with Crippen LogP contribution in [0.4, 0.5) is 10.1 Å². The molecule has 0 radical (unpaired) electrons. The fourth-order valence-electron chi connectivity index (χ4n) is 1.82. The molecule has 4 nitrogen and oxygen atoms in total. The second-order valence-corrected chi connectivity index (χ2v) is 6.21. The highest BCUT2D eigenvalue weighted by atomic mass is 32.2. The molecule has 2 rings (SSSR count). The van der Waals surface area contributed by atoms with Crippen molar-refractivity contribution < 1.29 is 17.5 Å². The number of rotatable bonds is 4. The van der Waals surface area contributed by atoms with Gasteiger partial charge >= 0.3 is 0 Å². The summed E-state index contributed by atoms with van der Waals surface area (Å²) >= 11 is 0. The predicted molar refractivity (Wildman–Crippen MR) is 74.7 cm³/mol. The minimum Gasteiger partial charge on any atom is -0.497 e. The third-order valence-corrected chi connectivity index (χ3v) is 4.59. The van der Waals surface area contributed by atoms with Crippen LogP contribution in [-0.2, 0) is 15.6 Å². The predicted octanol–water partition coefficient (Wildman–Crippen LogP) is 2.39. The van der Waals surface area contributed by atoms with Crippen LogP contribution in [-0.4, -0.2) is 15.5 Å². The van der Waals surface area contributed by atoms with Gasteiger partial charge in [0.25, 0.3) is 0 Å². The molecule has 0 aliphatic rings. The van der Waals surface area contributed by atoms with Crippen molar-refractivity contribution in [2.24, 2.45) is 0 Å². The first-order chi connectivity index (χ1) is 9.44. The Kier molecular flexibility index (Phi) is 3.94. The normalized spacial score (nSPS) is 11.3. The second kappa shape index (κ2) is 5.50. The van der Waals surface area contributed by atoms with Crippen LogP contribution in [0.25, 0.3) is 0 Å². The third-order valence-electron chi connectivity index (χ3n) is 2.86. The van der Waals surface area contributed by atoms with Crippen LogP contribution in [0, 0.1) is 5.82 Å². The molecule has 0 saturated heterocycles. The summed E-state index contributed by atoms with van der Waals surface area (Å²) in [6, 6.07) is 10.2. The van der Waals surface area contributed by atoms with Gasteiger partial charge in [-0.2, -0.15) is 0 Å². The van der Waals surface area contributed by atoms with Gasteiger partial charge in [-0.15, -0.1) is 0 Å². The fourth-order valence-corrected chi connectivity index (χ4v) is 3.33. The van der Waals surface area contributed by atoms with Crippen LogP contribution >= 0.6 is 0 Å². The van der Waals surface area contributed by atoms with Gasteiger partial charge in [0.05, 0.1) is 23.4 Å². The Balaban J connectivity index is 2.36. The molecule has 2 N–H and O–H groups in total. The summed E-state index contributed by atoms with van der Waals surface area (Å²) in [7, 11) is -2.28. The number of sulfone groups is 1. The first-order valence-corrected chi connectivity index (χ1v) is 7.49. The van der Waals surface area contributed by atoms with Gasteiger partial charge in [0.2, 0.25) is 0 Å². The molecule has 0 fully saturated rings. The van der Waals surface area contributed by atoms with Gasteiger partial charge in [-0.3, -0.25) is 0 Å². The van der Waals surface area contributed by atoms with E-state index < -0.39 is 21.4 Å². The lowest BCUT2D eigenvalue weighted by Gasteiger charge is -2.09. The van der Waals surface area contributed by atoms with Crippen LogP contribution in [0.15, 0.2) is 47.4 Å².